The molecule has 1 heterocycles. The molecule has 0 spiro atoms. The number of hydrogen-bond acceptors (Lipinski definition) is 2. The lowest BCUT2D eigenvalue weighted by Gasteiger charge is -2.41. The molecule has 1 fully saturated rings. The van der Waals surface area contributed by atoms with Crippen molar-refractivity contribution in [1.29, 1.82) is 0 Å². The molecule has 22 heavy (non-hydrogen) atoms. The van der Waals surface area contributed by atoms with Gasteiger partial charge in [0.15, 0.2) is 0 Å². The molecule has 1 aliphatic rings. The molecule has 2 atom stereocenters. The number of benzene rings is 1. The Bertz CT molecular complexity index is 518. The molecule has 0 saturated carbocycles. The Morgan fingerprint density at radius 3 is 2.36 bits per heavy atom. The fourth-order valence-electron chi connectivity index (χ4n) is 3.00. The average Bonchev–Trinajstić information content (AvgIpc) is 2.48. The van der Waals surface area contributed by atoms with Crippen LogP contribution >= 0.6 is 0 Å². The van der Waals surface area contributed by atoms with Gasteiger partial charge in [0, 0.05) is 25.3 Å². The van der Waals surface area contributed by atoms with E-state index in [0.29, 0.717) is 19.4 Å². The fourth-order valence-corrected chi connectivity index (χ4v) is 3.00. The van der Waals surface area contributed by atoms with Gasteiger partial charge in [0.2, 0.25) is 0 Å². The second-order valence-corrected chi connectivity index (χ2v) is 5.59. The molecule has 6 heteroatoms. The summed E-state index contributed by atoms with van der Waals surface area (Å²) >= 11 is 0. The van der Waals surface area contributed by atoms with Crippen LogP contribution in [0.4, 0.5) is 13.2 Å². The van der Waals surface area contributed by atoms with Gasteiger partial charge in [-0.3, -0.25) is 4.79 Å². The van der Waals surface area contributed by atoms with Crippen LogP contribution in [0.25, 0.3) is 0 Å². The molecule has 1 aromatic rings. The van der Waals surface area contributed by atoms with E-state index in [-0.39, 0.29) is 11.6 Å². The van der Waals surface area contributed by atoms with E-state index in [1.54, 1.807) is 13.0 Å². The Morgan fingerprint density at radius 2 is 1.86 bits per heavy atom. The number of carbonyl (C=O) groups is 1. The lowest BCUT2D eigenvalue weighted by molar-refractivity contribution is -0.271. The third-order valence-corrected chi connectivity index (χ3v) is 4.25. The van der Waals surface area contributed by atoms with Gasteiger partial charge in [-0.1, -0.05) is 30.3 Å². The highest BCUT2D eigenvalue weighted by Crippen LogP contribution is 2.44. The van der Waals surface area contributed by atoms with Gasteiger partial charge in [-0.25, -0.2) is 0 Å². The van der Waals surface area contributed by atoms with E-state index in [1.807, 2.05) is 0 Å². The zero-order valence-electron chi connectivity index (χ0n) is 12.7. The number of rotatable bonds is 3. The summed E-state index contributed by atoms with van der Waals surface area (Å²) in [5.74, 6) is -1.03. The highest BCUT2D eigenvalue weighted by molar-refractivity contribution is 5.88. The Morgan fingerprint density at radius 1 is 1.23 bits per heavy atom. The van der Waals surface area contributed by atoms with E-state index in [2.05, 4.69) is 0 Å². The smallest absolute Gasteiger partial charge is 0.356 e. The lowest BCUT2D eigenvalue weighted by Crippen LogP contribution is -2.59. The summed E-state index contributed by atoms with van der Waals surface area (Å²) in [5.41, 5.74) is -3.13. The molecule has 0 N–H and O–H groups in total. The van der Waals surface area contributed by atoms with Crippen molar-refractivity contribution in [2.75, 3.05) is 13.7 Å². The number of alkyl halides is 3. The molecule has 0 aromatic heterocycles. The van der Waals surface area contributed by atoms with Gasteiger partial charge in [0.05, 0.1) is 0 Å². The van der Waals surface area contributed by atoms with Crippen LogP contribution in [0.2, 0.25) is 0 Å². The number of halogens is 3. The number of amides is 1. The highest BCUT2D eigenvalue weighted by Gasteiger charge is 2.64. The number of piperidine rings is 1. The van der Waals surface area contributed by atoms with Gasteiger partial charge >= 0.3 is 6.18 Å². The summed E-state index contributed by atoms with van der Waals surface area (Å²) in [6.07, 6.45) is -2.50. The van der Waals surface area contributed by atoms with Crippen molar-refractivity contribution in [3.05, 3.63) is 35.9 Å². The SMILES string of the molecule is CO[C@@](C(=O)N1CCCC[C@H]1C)(c1ccccc1)C(F)(F)F. The molecule has 0 bridgehead atoms. The van der Waals surface area contributed by atoms with Gasteiger partial charge in [0.25, 0.3) is 11.5 Å². The molecule has 0 radical (unpaired) electrons. The van der Waals surface area contributed by atoms with Gasteiger partial charge in [-0.15, -0.1) is 0 Å². The molecular formula is C16H20F3NO2. The minimum Gasteiger partial charge on any atom is -0.356 e. The average molecular weight is 315 g/mol. The molecule has 1 amide bonds. The van der Waals surface area contributed by atoms with Crippen LogP contribution in [0.3, 0.4) is 0 Å². The second-order valence-electron chi connectivity index (χ2n) is 5.59. The number of carbonyl (C=O) groups excluding carboxylic acids is 1. The van der Waals surface area contributed by atoms with Crippen LogP contribution in [0.15, 0.2) is 30.3 Å². The molecular weight excluding hydrogens is 295 g/mol. The number of hydrogen-bond donors (Lipinski definition) is 0. The van der Waals surface area contributed by atoms with E-state index in [4.69, 9.17) is 4.74 Å². The maximum absolute atomic E-state index is 13.8. The lowest BCUT2D eigenvalue weighted by atomic mass is 9.89. The van der Waals surface area contributed by atoms with Crippen molar-refractivity contribution in [2.45, 2.75) is 44.0 Å². The summed E-state index contributed by atoms with van der Waals surface area (Å²) < 4.78 is 46.3. The van der Waals surface area contributed by atoms with Gasteiger partial charge in [0.1, 0.15) is 0 Å². The minimum atomic E-state index is -4.84. The Balaban J connectivity index is 2.51. The third kappa shape index (κ3) is 2.72. The first kappa shape index (κ1) is 16.8. The largest absolute Gasteiger partial charge is 0.430 e. The van der Waals surface area contributed by atoms with Crippen molar-refractivity contribution in [2.24, 2.45) is 0 Å². The molecule has 122 valence electrons. The Labute approximate surface area is 128 Å². The molecule has 3 nitrogen and oxygen atoms in total. The van der Waals surface area contributed by atoms with Gasteiger partial charge < -0.3 is 9.64 Å². The number of methoxy groups -OCH3 is 1. The van der Waals surface area contributed by atoms with E-state index in [1.165, 1.54) is 29.2 Å². The van der Waals surface area contributed by atoms with Crippen molar-refractivity contribution in [1.82, 2.24) is 4.90 Å². The van der Waals surface area contributed by atoms with Crippen LogP contribution in [0.1, 0.15) is 31.7 Å². The zero-order chi connectivity index (χ0) is 16.4. The van der Waals surface area contributed by atoms with Crippen LogP contribution in [0, 0.1) is 0 Å². The normalized spacial score (nSPS) is 22.2. The maximum Gasteiger partial charge on any atom is 0.430 e. The second kappa shape index (κ2) is 6.28. The predicted octanol–water partition coefficient (Wildman–Crippen LogP) is 3.49. The van der Waals surface area contributed by atoms with Crippen LogP contribution in [0.5, 0.6) is 0 Å². The molecule has 1 saturated heterocycles. The summed E-state index contributed by atoms with van der Waals surface area (Å²) in [7, 11) is 0.938. The molecule has 2 rings (SSSR count). The standard InChI is InChI=1S/C16H20F3NO2/c1-12-8-6-7-11-20(12)14(21)15(22-2,16(17,18)19)13-9-4-3-5-10-13/h3-5,9-10,12H,6-8,11H2,1-2H3/t12-,15-/m1/s1. The first-order valence-electron chi connectivity index (χ1n) is 7.33. The summed E-state index contributed by atoms with van der Waals surface area (Å²) in [4.78, 5) is 14.1. The number of ether oxygens (including phenoxy) is 1. The van der Waals surface area contributed by atoms with E-state index < -0.39 is 17.7 Å². The van der Waals surface area contributed by atoms with Crippen LogP contribution in [-0.2, 0) is 15.1 Å². The summed E-state index contributed by atoms with van der Waals surface area (Å²) in [6, 6.07) is 6.90. The van der Waals surface area contributed by atoms with E-state index >= 15 is 0 Å². The van der Waals surface area contributed by atoms with Gasteiger partial charge in [-0.05, 0) is 26.2 Å². The maximum atomic E-state index is 13.8. The van der Waals surface area contributed by atoms with Crippen molar-refractivity contribution in [3.63, 3.8) is 0 Å². The zero-order valence-corrected chi connectivity index (χ0v) is 12.7. The van der Waals surface area contributed by atoms with E-state index in [0.717, 1.165) is 13.5 Å². The molecule has 0 aliphatic carbocycles. The fraction of sp³-hybridized carbons (Fsp3) is 0.562. The van der Waals surface area contributed by atoms with Crippen molar-refractivity contribution < 1.29 is 22.7 Å². The molecule has 1 aromatic carbocycles. The Hall–Kier alpha value is -1.56. The Kier molecular flexibility index (Phi) is 4.80. The quantitative estimate of drug-likeness (QED) is 0.854. The van der Waals surface area contributed by atoms with Crippen molar-refractivity contribution in [3.8, 4) is 0 Å². The van der Waals surface area contributed by atoms with Gasteiger partial charge in [-0.2, -0.15) is 13.2 Å². The topological polar surface area (TPSA) is 29.5 Å². The molecule has 0 unspecified atom stereocenters. The summed E-state index contributed by atoms with van der Waals surface area (Å²) in [6.45, 7) is 2.10. The number of nitrogens with zero attached hydrogens (tertiary/aromatic N) is 1. The van der Waals surface area contributed by atoms with E-state index in [9.17, 15) is 18.0 Å². The number of likely N-dealkylation sites (tertiary alicyclic amines) is 1. The summed E-state index contributed by atoms with van der Waals surface area (Å²) in [5, 5.41) is 0. The monoisotopic (exact) mass is 315 g/mol. The highest BCUT2D eigenvalue weighted by atomic mass is 19.4. The van der Waals surface area contributed by atoms with Crippen LogP contribution < -0.4 is 0 Å². The third-order valence-electron chi connectivity index (χ3n) is 4.25. The van der Waals surface area contributed by atoms with Crippen molar-refractivity contribution >= 4 is 5.91 Å². The first-order chi connectivity index (χ1) is 10.3. The molecule has 1 aliphatic heterocycles. The minimum absolute atomic E-state index is 0.187. The predicted molar refractivity (Wildman–Crippen MR) is 76.2 cm³/mol. The van der Waals surface area contributed by atoms with Crippen LogP contribution in [-0.4, -0.2) is 36.7 Å². The first-order valence-corrected chi connectivity index (χ1v) is 7.33.